The number of hydrogen-bond donors (Lipinski definition) is 2. The van der Waals surface area contributed by atoms with Crippen molar-refractivity contribution in [2.75, 3.05) is 19.7 Å². The van der Waals surface area contributed by atoms with Gasteiger partial charge in [-0.25, -0.2) is 0 Å². The predicted octanol–water partition coefficient (Wildman–Crippen LogP) is -0.472. The number of rotatable bonds is 3. The van der Waals surface area contributed by atoms with Crippen molar-refractivity contribution in [2.24, 2.45) is 0 Å². The van der Waals surface area contributed by atoms with Crippen LogP contribution >= 0.6 is 0 Å². The lowest BCUT2D eigenvalue weighted by Gasteiger charge is -2.20. The first kappa shape index (κ1) is 8.49. The maximum absolute atomic E-state index is 10.5. The largest absolute Gasteiger partial charge is 0.480 e. The average molecular weight is 159 g/mol. The van der Waals surface area contributed by atoms with Crippen LogP contribution in [0, 0.1) is 0 Å². The quantitative estimate of drug-likeness (QED) is 0.584. The number of aliphatic carboxylic acids is 1. The van der Waals surface area contributed by atoms with E-state index in [0.29, 0.717) is 0 Å². The highest BCUT2D eigenvalue weighted by molar-refractivity contribution is 5.73. The molecule has 1 aliphatic heterocycles. The highest BCUT2D eigenvalue weighted by atomic mass is 16.4. The molecule has 1 atom stereocenters. The summed E-state index contributed by atoms with van der Waals surface area (Å²) in [6, 6.07) is -0.683. The van der Waals surface area contributed by atoms with Crippen LogP contribution in [0.3, 0.4) is 0 Å². The van der Waals surface area contributed by atoms with Crippen LogP contribution in [0.2, 0.25) is 0 Å². The van der Waals surface area contributed by atoms with Gasteiger partial charge in [0.15, 0.2) is 0 Å². The number of aliphatic hydroxyl groups excluding tert-OH is 1. The van der Waals surface area contributed by atoms with Gasteiger partial charge in [0.25, 0.3) is 0 Å². The number of nitrogens with zero attached hydrogens (tertiary/aromatic N) is 1. The summed E-state index contributed by atoms with van der Waals surface area (Å²) < 4.78 is 0. The second-order valence-electron chi connectivity index (χ2n) is 2.78. The van der Waals surface area contributed by atoms with E-state index in [-0.39, 0.29) is 6.61 Å². The van der Waals surface area contributed by atoms with Gasteiger partial charge in [0.05, 0.1) is 6.61 Å². The molecule has 64 valence electrons. The molecule has 1 aliphatic rings. The molecular formula is C7H13NO3. The van der Waals surface area contributed by atoms with Crippen LogP contribution < -0.4 is 0 Å². The molecule has 0 saturated carbocycles. The van der Waals surface area contributed by atoms with Crippen LogP contribution in [-0.2, 0) is 4.79 Å². The highest BCUT2D eigenvalue weighted by Crippen LogP contribution is 2.11. The summed E-state index contributed by atoms with van der Waals surface area (Å²) in [6.07, 6.45) is 2.09. The lowest BCUT2D eigenvalue weighted by molar-refractivity contribution is -0.144. The molecule has 0 spiro atoms. The molecule has 1 unspecified atom stereocenters. The minimum Gasteiger partial charge on any atom is -0.480 e. The summed E-state index contributed by atoms with van der Waals surface area (Å²) in [5.41, 5.74) is 0. The molecule has 0 aromatic carbocycles. The lowest BCUT2D eigenvalue weighted by Crippen LogP contribution is -2.41. The molecule has 1 heterocycles. The molecule has 4 nitrogen and oxygen atoms in total. The van der Waals surface area contributed by atoms with Crippen molar-refractivity contribution in [1.29, 1.82) is 0 Å². The summed E-state index contributed by atoms with van der Waals surface area (Å²) >= 11 is 0. The Hall–Kier alpha value is -0.610. The molecule has 0 aromatic rings. The maximum Gasteiger partial charge on any atom is 0.323 e. The molecule has 1 saturated heterocycles. The van der Waals surface area contributed by atoms with Crippen molar-refractivity contribution in [1.82, 2.24) is 4.90 Å². The zero-order chi connectivity index (χ0) is 8.27. The Kier molecular flexibility index (Phi) is 2.84. The number of carboxylic acid groups (broad SMARTS) is 1. The van der Waals surface area contributed by atoms with E-state index < -0.39 is 12.0 Å². The summed E-state index contributed by atoms with van der Waals surface area (Å²) in [5, 5.41) is 17.4. The molecule has 0 radical (unpaired) electrons. The van der Waals surface area contributed by atoms with E-state index in [4.69, 9.17) is 10.2 Å². The fourth-order valence-corrected chi connectivity index (χ4v) is 1.40. The van der Waals surface area contributed by atoms with E-state index in [1.807, 2.05) is 4.90 Å². The van der Waals surface area contributed by atoms with Gasteiger partial charge in [0, 0.05) is 0 Å². The van der Waals surface area contributed by atoms with Gasteiger partial charge in [0.2, 0.25) is 0 Å². The van der Waals surface area contributed by atoms with Crippen LogP contribution in [0.15, 0.2) is 0 Å². The van der Waals surface area contributed by atoms with Gasteiger partial charge in [-0.05, 0) is 25.9 Å². The summed E-state index contributed by atoms with van der Waals surface area (Å²) in [5.74, 6) is -0.922. The number of aliphatic hydroxyl groups is 1. The van der Waals surface area contributed by atoms with Crippen LogP contribution in [0.1, 0.15) is 12.8 Å². The monoisotopic (exact) mass is 159 g/mol. The van der Waals surface area contributed by atoms with Gasteiger partial charge in [-0.15, -0.1) is 0 Å². The maximum atomic E-state index is 10.5. The van der Waals surface area contributed by atoms with Crippen molar-refractivity contribution >= 4 is 5.97 Å². The molecule has 0 aromatic heterocycles. The van der Waals surface area contributed by atoms with Gasteiger partial charge in [0.1, 0.15) is 6.04 Å². The summed E-state index contributed by atoms with van der Waals surface area (Å²) in [6.45, 7) is 1.32. The van der Waals surface area contributed by atoms with Crippen molar-refractivity contribution in [2.45, 2.75) is 18.9 Å². The first-order chi connectivity index (χ1) is 5.25. The van der Waals surface area contributed by atoms with E-state index in [2.05, 4.69) is 0 Å². The van der Waals surface area contributed by atoms with Crippen LogP contribution in [0.25, 0.3) is 0 Å². The molecule has 4 heteroatoms. The van der Waals surface area contributed by atoms with Crippen molar-refractivity contribution < 1.29 is 15.0 Å². The van der Waals surface area contributed by atoms with E-state index in [1.54, 1.807) is 0 Å². The number of likely N-dealkylation sites (tertiary alicyclic amines) is 1. The molecule has 1 fully saturated rings. The Morgan fingerprint density at radius 1 is 1.45 bits per heavy atom. The lowest BCUT2D eigenvalue weighted by atomic mass is 10.3. The zero-order valence-corrected chi connectivity index (χ0v) is 6.36. The van der Waals surface area contributed by atoms with Gasteiger partial charge in [-0.2, -0.15) is 0 Å². The Morgan fingerprint density at radius 2 is 2.00 bits per heavy atom. The molecule has 0 bridgehead atoms. The van der Waals surface area contributed by atoms with Gasteiger partial charge < -0.3 is 10.2 Å². The van der Waals surface area contributed by atoms with E-state index in [9.17, 15) is 4.79 Å². The van der Waals surface area contributed by atoms with Gasteiger partial charge in [-0.3, -0.25) is 9.69 Å². The van der Waals surface area contributed by atoms with Crippen molar-refractivity contribution in [3.8, 4) is 0 Å². The van der Waals surface area contributed by atoms with Gasteiger partial charge in [-0.1, -0.05) is 0 Å². The third-order valence-corrected chi connectivity index (χ3v) is 2.04. The average Bonchev–Trinajstić information content (AvgIpc) is 2.40. The predicted molar refractivity (Wildman–Crippen MR) is 39.3 cm³/mol. The van der Waals surface area contributed by atoms with Crippen LogP contribution in [-0.4, -0.2) is 46.8 Å². The standard InChI is InChI=1S/C7H13NO3/c9-5-6(7(10)11)8-3-1-2-4-8/h6,9H,1-5H2,(H,10,11). The van der Waals surface area contributed by atoms with Crippen molar-refractivity contribution in [3.05, 3.63) is 0 Å². The SMILES string of the molecule is O=C(O)C(CO)N1CCCC1. The van der Waals surface area contributed by atoms with E-state index in [0.717, 1.165) is 25.9 Å². The third-order valence-electron chi connectivity index (χ3n) is 2.04. The van der Waals surface area contributed by atoms with E-state index in [1.165, 1.54) is 0 Å². The highest BCUT2D eigenvalue weighted by Gasteiger charge is 2.26. The van der Waals surface area contributed by atoms with Crippen LogP contribution in [0.4, 0.5) is 0 Å². The molecule has 0 amide bonds. The smallest absolute Gasteiger partial charge is 0.323 e. The van der Waals surface area contributed by atoms with E-state index >= 15 is 0 Å². The Bertz CT molecular complexity index is 143. The third kappa shape index (κ3) is 1.91. The first-order valence-electron chi connectivity index (χ1n) is 3.83. The summed E-state index contributed by atoms with van der Waals surface area (Å²) in [4.78, 5) is 12.3. The normalized spacial score (nSPS) is 21.9. The first-order valence-corrected chi connectivity index (χ1v) is 3.83. The number of carbonyl (C=O) groups is 1. The topological polar surface area (TPSA) is 60.8 Å². The van der Waals surface area contributed by atoms with Crippen molar-refractivity contribution in [3.63, 3.8) is 0 Å². The number of hydrogen-bond acceptors (Lipinski definition) is 3. The summed E-state index contributed by atoms with van der Waals surface area (Å²) in [7, 11) is 0. The Morgan fingerprint density at radius 3 is 2.36 bits per heavy atom. The van der Waals surface area contributed by atoms with Crippen LogP contribution in [0.5, 0.6) is 0 Å². The minimum atomic E-state index is -0.922. The molecular weight excluding hydrogens is 146 g/mol. The molecule has 11 heavy (non-hydrogen) atoms. The Balaban J connectivity index is 2.46. The minimum absolute atomic E-state index is 0.282. The fraction of sp³-hybridized carbons (Fsp3) is 0.857. The Labute approximate surface area is 65.4 Å². The fourth-order valence-electron chi connectivity index (χ4n) is 1.40. The second-order valence-corrected chi connectivity index (χ2v) is 2.78. The molecule has 0 aliphatic carbocycles. The van der Waals surface area contributed by atoms with Gasteiger partial charge >= 0.3 is 5.97 Å². The second kappa shape index (κ2) is 3.69. The number of carboxylic acids is 1. The zero-order valence-electron chi connectivity index (χ0n) is 6.36. The molecule has 1 rings (SSSR count). The molecule has 2 N–H and O–H groups in total.